The van der Waals surface area contributed by atoms with Crippen molar-refractivity contribution in [2.24, 2.45) is 0 Å². The van der Waals surface area contributed by atoms with Crippen molar-refractivity contribution in [2.75, 3.05) is 6.54 Å². The monoisotopic (exact) mass is 263 g/mol. The van der Waals surface area contributed by atoms with Crippen molar-refractivity contribution in [2.45, 2.75) is 60.8 Å². The molecule has 0 aliphatic rings. The normalized spacial score (nSPS) is 8.53. The van der Waals surface area contributed by atoms with Gasteiger partial charge in [-0.2, -0.15) is 0 Å². The second-order valence-corrected chi connectivity index (χ2v) is 4.16. The fourth-order valence-corrected chi connectivity index (χ4v) is 1.32. The molecule has 0 spiro atoms. The van der Waals surface area contributed by atoms with Crippen LogP contribution in [0, 0.1) is 0 Å². The van der Waals surface area contributed by atoms with Gasteiger partial charge < -0.3 is 5.32 Å². The van der Waals surface area contributed by atoms with Crippen LogP contribution >= 0.6 is 0 Å². The van der Waals surface area contributed by atoms with Gasteiger partial charge in [-0.3, -0.25) is 0 Å². The van der Waals surface area contributed by atoms with E-state index in [9.17, 15) is 0 Å². The Bertz CT molecular complexity index is 298. The van der Waals surface area contributed by atoms with E-state index in [1.807, 2.05) is 13.8 Å². The Labute approximate surface area is 121 Å². The van der Waals surface area contributed by atoms with Gasteiger partial charge in [0.25, 0.3) is 0 Å². The number of rotatable bonds is 5. The molecule has 0 unspecified atom stereocenters. The molecule has 1 aromatic carbocycles. The van der Waals surface area contributed by atoms with Crippen LogP contribution in [0.5, 0.6) is 0 Å². The van der Waals surface area contributed by atoms with Gasteiger partial charge in [0.2, 0.25) is 0 Å². The van der Waals surface area contributed by atoms with Crippen LogP contribution in [0.15, 0.2) is 30.8 Å². The van der Waals surface area contributed by atoms with Gasteiger partial charge in [-0.25, -0.2) is 0 Å². The Kier molecular flexibility index (Phi) is 15.7. The maximum absolute atomic E-state index is 4.01. The summed E-state index contributed by atoms with van der Waals surface area (Å²) in [7, 11) is 0. The number of hydrogen-bond donors (Lipinski definition) is 1. The Hall–Kier alpha value is -1.24. The lowest BCUT2D eigenvalue weighted by atomic mass is 10.1. The van der Waals surface area contributed by atoms with Crippen molar-refractivity contribution < 1.29 is 0 Å². The molecule has 0 amide bonds. The van der Waals surface area contributed by atoms with Gasteiger partial charge in [0.15, 0.2) is 0 Å². The quantitative estimate of drug-likeness (QED) is 0.722. The molecule has 0 saturated heterocycles. The molecule has 19 heavy (non-hydrogen) atoms. The van der Waals surface area contributed by atoms with E-state index in [2.05, 4.69) is 63.9 Å². The second kappa shape index (κ2) is 14.8. The SMILES string of the molecule is C=C(NCCC)c1ccc(CC)cc1.CC.CCC. The maximum Gasteiger partial charge on any atom is 0.0340 e. The van der Waals surface area contributed by atoms with Crippen LogP contribution < -0.4 is 5.32 Å². The Balaban J connectivity index is 0. The smallest absolute Gasteiger partial charge is 0.0340 e. The maximum atomic E-state index is 4.01. The summed E-state index contributed by atoms with van der Waals surface area (Å²) in [6.07, 6.45) is 3.47. The average molecular weight is 263 g/mol. The van der Waals surface area contributed by atoms with E-state index in [0.29, 0.717) is 0 Å². The first kappa shape index (κ1) is 20.1. The molecule has 110 valence electrons. The lowest BCUT2D eigenvalue weighted by Gasteiger charge is -2.08. The summed E-state index contributed by atoms with van der Waals surface area (Å²) in [4.78, 5) is 0. The van der Waals surface area contributed by atoms with Crippen LogP contribution in [0.25, 0.3) is 5.70 Å². The summed E-state index contributed by atoms with van der Waals surface area (Å²) in [5.74, 6) is 0. The van der Waals surface area contributed by atoms with Crippen molar-refractivity contribution in [1.82, 2.24) is 5.32 Å². The summed E-state index contributed by atoms with van der Waals surface area (Å²) in [5, 5.41) is 3.29. The first-order valence-corrected chi connectivity index (χ1v) is 7.71. The molecular weight excluding hydrogens is 230 g/mol. The Morgan fingerprint density at radius 2 is 1.47 bits per heavy atom. The van der Waals surface area contributed by atoms with Crippen molar-refractivity contribution in [3.8, 4) is 0 Å². The molecule has 0 aliphatic carbocycles. The van der Waals surface area contributed by atoms with Crippen LogP contribution in [-0.2, 0) is 6.42 Å². The van der Waals surface area contributed by atoms with Crippen molar-refractivity contribution >= 4 is 5.70 Å². The largest absolute Gasteiger partial charge is 0.385 e. The second-order valence-electron chi connectivity index (χ2n) is 4.16. The molecule has 1 N–H and O–H groups in total. The first-order chi connectivity index (χ1) is 9.19. The molecular formula is C18H33N. The van der Waals surface area contributed by atoms with Crippen LogP contribution in [0.4, 0.5) is 0 Å². The Morgan fingerprint density at radius 3 is 1.84 bits per heavy atom. The van der Waals surface area contributed by atoms with Crippen LogP contribution in [0.1, 0.15) is 65.5 Å². The van der Waals surface area contributed by atoms with E-state index in [-0.39, 0.29) is 0 Å². The third kappa shape index (κ3) is 10.4. The number of hydrogen-bond acceptors (Lipinski definition) is 1. The summed E-state index contributed by atoms with van der Waals surface area (Å²) in [6.45, 7) is 17.6. The van der Waals surface area contributed by atoms with E-state index < -0.39 is 0 Å². The summed E-state index contributed by atoms with van der Waals surface area (Å²) < 4.78 is 0. The molecule has 0 saturated carbocycles. The molecule has 0 heterocycles. The molecule has 1 aromatic rings. The lowest BCUT2D eigenvalue weighted by molar-refractivity contribution is 0.825. The third-order valence-corrected chi connectivity index (χ3v) is 2.30. The molecule has 1 nitrogen and oxygen atoms in total. The first-order valence-electron chi connectivity index (χ1n) is 7.71. The molecule has 0 atom stereocenters. The van der Waals surface area contributed by atoms with Crippen molar-refractivity contribution in [3.05, 3.63) is 42.0 Å². The van der Waals surface area contributed by atoms with Crippen LogP contribution in [0.2, 0.25) is 0 Å². The number of benzene rings is 1. The summed E-state index contributed by atoms with van der Waals surface area (Å²) in [6, 6.07) is 8.58. The fraction of sp³-hybridized carbons (Fsp3) is 0.556. The average Bonchev–Trinajstić information content (AvgIpc) is 2.48. The van der Waals surface area contributed by atoms with Gasteiger partial charge >= 0.3 is 0 Å². The van der Waals surface area contributed by atoms with E-state index in [1.54, 1.807) is 0 Å². The zero-order valence-electron chi connectivity index (χ0n) is 13.8. The summed E-state index contributed by atoms with van der Waals surface area (Å²) >= 11 is 0. The topological polar surface area (TPSA) is 12.0 Å². The molecule has 1 rings (SSSR count). The lowest BCUT2D eigenvalue weighted by Crippen LogP contribution is -2.11. The minimum atomic E-state index is 0.994. The van der Waals surface area contributed by atoms with Crippen molar-refractivity contribution in [1.29, 1.82) is 0 Å². The highest BCUT2D eigenvalue weighted by Gasteiger charge is 1.96. The van der Waals surface area contributed by atoms with Gasteiger partial charge in [0.05, 0.1) is 0 Å². The van der Waals surface area contributed by atoms with Gasteiger partial charge in [0.1, 0.15) is 0 Å². The zero-order valence-corrected chi connectivity index (χ0v) is 13.8. The van der Waals surface area contributed by atoms with Crippen LogP contribution in [0.3, 0.4) is 0 Å². The van der Waals surface area contributed by atoms with Crippen molar-refractivity contribution in [3.63, 3.8) is 0 Å². The highest BCUT2D eigenvalue weighted by Crippen LogP contribution is 2.11. The molecule has 0 bridgehead atoms. The fourth-order valence-electron chi connectivity index (χ4n) is 1.32. The van der Waals surface area contributed by atoms with E-state index >= 15 is 0 Å². The highest BCUT2D eigenvalue weighted by molar-refractivity contribution is 5.61. The van der Waals surface area contributed by atoms with Gasteiger partial charge in [-0.05, 0) is 24.0 Å². The Morgan fingerprint density at radius 1 is 1.00 bits per heavy atom. The van der Waals surface area contributed by atoms with E-state index in [0.717, 1.165) is 25.1 Å². The third-order valence-electron chi connectivity index (χ3n) is 2.30. The number of aryl methyl sites for hydroxylation is 1. The summed E-state index contributed by atoms with van der Waals surface area (Å²) in [5.41, 5.74) is 3.59. The number of nitrogens with one attached hydrogen (secondary N) is 1. The van der Waals surface area contributed by atoms with E-state index in [1.165, 1.54) is 17.5 Å². The molecule has 0 fully saturated rings. The molecule has 0 aliphatic heterocycles. The standard InChI is InChI=1S/C13H19N.C3H8.C2H6/c1-4-10-14-11(3)13-8-6-12(5-2)7-9-13;1-3-2;1-2/h6-9,14H,3-5,10H2,1-2H3;3H2,1-2H3;1-2H3. The predicted octanol–water partition coefficient (Wildman–Crippen LogP) is 5.66. The van der Waals surface area contributed by atoms with Gasteiger partial charge in [-0.15, -0.1) is 0 Å². The molecule has 0 aromatic heterocycles. The molecule has 0 radical (unpaired) electrons. The van der Waals surface area contributed by atoms with Gasteiger partial charge in [-0.1, -0.05) is 78.8 Å². The van der Waals surface area contributed by atoms with Gasteiger partial charge in [0, 0.05) is 12.2 Å². The zero-order chi connectivity index (χ0) is 15.1. The molecule has 1 heteroatoms. The highest BCUT2D eigenvalue weighted by atomic mass is 14.9. The minimum absolute atomic E-state index is 0.994. The van der Waals surface area contributed by atoms with E-state index in [4.69, 9.17) is 0 Å². The minimum Gasteiger partial charge on any atom is -0.385 e. The predicted molar refractivity (Wildman–Crippen MR) is 90.5 cm³/mol. The van der Waals surface area contributed by atoms with Crippen LogP contribution in [-0.4, -0.2) is 6.54 Å².